The highest BCUT2D eigenvalue weighted by molar-refractivity contribution is 6.23. The Morgan fingerprint density at radius 1 is 0.776 bits per heavy atom. The maximum atomic E-state index is 13.3. The number of fused-ring (bicyclic) bond motifs is 2. The molecule has 4 aliphatic rings. The molecule has 3 fully saturated rings. The van der Waals surface area contributed by atoms with Gasteiger partial charge < -0.3 is 9.80 Å². The molecule has 12 heteroatoms. The zero-order valence-corrected chi connectivity index (χ0v) is 27.7. The number of aryl methyl sites for hydroxylation is 1. The summed E-state index contributed by atoms with van der Waals surface area (Å²) in [4.78, 5) is 67.9. The average Bonchev–Trinajstić information content (AvgIpc) is 3.65. The Labute approximate surface area is 284 Å². The second-order valence-electron chi connectivity index (χ2n) is 13.7. The summed E-state index contributed by atoms with van der Waals surface area (Å²) in [6.07, 6.45) is 9.67. The van der Waals surface area contributed by atoms with Crippen LogP contribution in [0, 0.1) is 12.8 Å². The van der Waals surface area contributed by atoms with Crippen molar-refractivity contribution in [2.45, 2.75) is 45.1 Å². The molecule has 3 saturated heterocycles. The Morgan fingerprint density at radius 2 is 1.55 bits per heavy atom. The Hall–Kier alpha value is -5.10. The van der Waals surface area contributed by atoms with Crippen molar-refractivity contribution >= 4 is 46.0 Å². The van der Waals surface area contributed by atoms with Crippen molar-refractivity contribution in [2.75, 3.05) is 55.6 Å². The van der Waals surface area contributed by atoms with Gasteiger partial charge in [0, 0.05) is 69.2 Å². The molecule has 1 aromatic carbocycles. The minimum atomic E-state index is -0.952. The Morgan fingerprint density at radius 3 is 2.31 bits per heavy atom. The van der Waals surface area contributed by atoms with Gasteiger partial charge in [-0.1, -0.05) is 6.07 Å². The first-order valence-electron chi connectivity index (χ1n) is 17.3. The van der Waals surface area contributed by atoms with Crippen molar-refractivity contribution in [2.24, 2.45) is 5.92 Å². The van der Waals surface area contributed by atoms with Gasteiger partial charge in [0.25, 0.3) is 11.8 Å². The number of benzene rings is 1. The number of amides is 4. The SMILES string of the molecule is Cc1ccc(-n2ccc3cc(N4CCC(CCN5CCN(c6ccc7c(c6)C(=O)N(C6CCC(=O)NC6=O)C7=O)CC5)CC4)ncc32)nc1. The predicted octanol–water partition coefficient (Wildman–Crippen LogP) is 3.56. The van der Waals surface area contributed by atoms with Gasteiger partial charge in [-0.05, 0) is 87.0 Å². The summed E-state index contributed by atoms with van der Waals surface area (Å²) in [5, 5.41) is 3.42. The van der Waals surface area contributed by atoms with Gasteiger partial charge in [-0.3, -0.25) is 38.9 Å². The molecule has 3 aromatic heterocycles. The van der Waals surface area contributed by atoms with Crippen molar-refractivity contribution in [1.82, 2.24) is 29.7 Å². The molecule has 0 aliphatic carbocycles. The lowest BCUT2D eigenvalue weighted by molar-refractivity contribution is -0.136. The molecule has 8 rings (SSSR count). The maximum absolute atomic E-state index is 13.3. The van der Waals surface area contributed by atoms with Crippen LogP contribution < -0.4 is 15.1 Å². The number of nitrogens with zero attached hydrogens (tertiary/aromatic N) is 7. The third-order valence-electron chi connectivity index (χ3n) is 10.7. The molecule has 1 atom stereocenters. The van der Waals surface area contributed by atoms with E-state index in [2.05, 4.69) is 54.0 Å². The number of nitrogens with one attached hydrogen (secondary N) is 1. The second kappa shape index (κ2) is 12.7. The van der Waals surface area contributed by atoms with Gasteiger partial charge in [-0.15, -0.1) is 0 Å². The largest absolute Gasteiger partial charge is 0.369 e. The molecule has 4 aromatic rings. The van der Waals surface area contributed by atoms with E-state index < -0.39 is 23.8 Å². The molecule has 4 aliphatic heterocycles. The van der Waals surface area contributed by atoms with E-state index in [0.29, 0.717) is 17.0 Å². The molecule has 1 N–H and O–H groups in total. The van der Waals surface area contributed by atoms with E-state index in [1.54, 1.807) is 12.1 Å². The van der Waals surface area contributed by atoms with Crippen LogP contribution in [0.2, 0.25) is 0 Å². The lowest BCUT2D eigenvalue weighted by Crippen LogP contribution is -2.54. The fraction of sp³-hybridized carbons (Fsp3) is 0.405. The molecular formula is C37H40N8O4. The van der Waals surface area contributed by atoms with Crippen LogP contribution in [0.4, 0.5) is 11.5 Å². The summed E-state index contributed by atoms with van der Waals surface area (Å²) in [5.41, 5.74) is 3.75. The van der Waals surface area contributed by atoms with E-state index in [-0.39, 0.29) is 18.7 Å². The monoisotopic (exact) mass is 660 g/mol. The first-order chi connectivity index (χ1) is 23.8. The van der Waals surface area contributed by atoms with Crippen LogP contribution in [0.3, 0.4) is 0 Å². The van der Waals surface area contributed by atoms with E-state index in [1.807, 2.05) is 31.5 Å². The zero-order chi connectivity index (χ0) is 33.6. The minimum Gasteiger partial charge on any atom is -0.369 e. The fourth-order valence-corrected chi connectivity index (χ4v) is 7.70. The first-order valence-corrected chi connectivity index (χ1v) is 17.3. The van der Waals surface area contributed by atoms with Crippen LogP contribution in [0.25, 0.3) is 16.7 Å². The van der Waals surface area contributed by atoms with E-state index in [0.717, 1.165) is 92.0 Å². The number of rotatable bonds is 7. The lowest BCUT2D eigenvalue weighted by Gasteiger charge is -2.38. The molecule has 0 saturated carbocycles. The quantitative estimate of drug-likeness (QED) is 0.297. The number of hydrogen-bond acceptors (Lipinski definition) is 9. The average molecular weight is 661 g/mol. The van der Waals surface area contributed by atoms with Gasteiger partial charge in [0.1, 0.15) is 17.7 Å². The van der Waals surface area contributed by atoms with Crippen molar-refractivity contribution in [3.05, 3.63) is 77.7 Å². The standard InChI is InChI=1S/C37H40N8O4/c1-24-2-6-32(38-22-24)44-15-11-26-20-33(39-23-31(26)44)43-13-9-25(10-14-43)8-12-41-16-18-42(19-17-41)27-3-4-28-29(21-27)37(49)45(36(28)48)30-5-7-34(46)40-35(30)47/h2-4,6,11,15,20-23,25,30H,5,7-10,12-14,16-19H2,1H3,(H,40,46,47). The minimum absolute atomic E-state index is 0.107. The van der Waals surface area contributed by atoms with Crippen LogP contribution in [-0.4, -0.2) is 99.8 Å². The lowest BCUT2D eigenvalue weighted by atomic mass is 9.93. The van der Waals surface area contributed by atoms with Gasteiger partial charge in [0.2, 0.25) is 11.8 Å². The van der Waals surface area contributed by atoms with Gasteiger partial charge in [-0.25, -0.2) is 9.97 Å². The van der Waals surface area contributed by atoms with E-state index in [9.17, 15) is 19.2 Å². The van der Waals surface area contributed by atoms with Crippen LogP contribution in [0.1, 0.15) is 58.4 Å². The van der Waals surface area contributed by atoms with Crippen molar-refractivity contribution in [1.29, 1.82) is 0 Å². The van der Waals surface area contributed by atoms with Crippen molar-refractivity contribution < 1.29 is 19.2 Å². The molecule has 0 radical (unpaired) electrons. The van der Waals surface area contributed by atoms with E-state index >= 15 is 0 Å². The number of pyridine rings is 2. The summed E-state index contributed by atoms with van der Waals surface area (Å²) in [5.74, 6) is 0.723. The highest BCUT2D eigenvalue weighted by Crippen LogP contribution is 2.32. The number of carbonyl (C=O) groups excluding carboxylic acids is 4. The Balaban J connectivity index is 0.813. The summed E-state index contributed by atoms with van der Waals surface area (Å²) in [6.45, 7) is 8.69. The van der Waals surface area contributed by atoms with Crippen molar-refractivity contribution in [3.8, 4) is 5.82 Å². The highest BCUT2D eigenvalue weighted by Gasteiger charge is 2.44. The molecular weight excluding hydrogens is 620 g/mol. The van der Waals surface area contributed by atoms with Gasteiger partial charge in [0.15, 0.2) is 0 Å². The highest BCUT2D eigenvalue weighted by atomic mass is 16.2. The van der Waals surface area contributed by atoms with Crippen LogP contribution in [-0.2, 0) is 9.59 Å². The van der Waals surface area contributed by atoms with Crippen LogP contribution >= 0.6 is 0 Å². The number of piperidine rings is 2. The van der Waals surface area contributed by atoms with Crippen molar-refractivity contribution in [3.63, 3.8) is 0 Å². The summed E-state index contributed by atoms with van der Waals surface area (Å²) in [7, 11) is 0. The predicted molar refractivity (Wildman–Crippen MR) is 185 cm³/mol. The number of carbonyl (C=O) groups is 4. The summed E-state index contributed by atoms with van der Waals surface area (Å²) in [6, 6.07) is 12.9. The zero-order valence-electron chi connectivity index (χ0n) is 27.7. The third-order valence-corrected chi connectivity index (χ3v) is 10.7. The van der Waals surface area contributed by atoms with Crippen LogP contribution in [0.15, 0.2) is 61.1 Å². The normalized spacial score (nSPS) is 20.8. The molecule has 7 heterocycles. The van der Waals surface area contributed by atoms with Gasteiger partial charge in [-0.2, -0.15) is 0 Å². The second-order valence-corrected chi connectivity index (χ2v) is 13.7. The van der Waals surface area contributed by atoms with Gasteiger partial charge in [0.05, 0.1) is 22.8 Å². The fourth-order valence-electron chi connectivity index (χ4n) is 7.70. The smallest absolute Gasteiger partial charge is 0.262 e. The molecule has 252 valence electrons. The number of aromatic nitrogens is 3. The third kappa shape index (κ3) is 5.94. The van der Waals surface area contributed by atoms with Crippen LogP contribution in [0.5, 0.6) is 0 Å². The number of hydrogen-bond donors (Lipinski definition) is 1. The molecule has 49 heavy (non-hydrogen) atoms. The molecule has 0 bridgehead atoms. The van der Waals surface area contributed by atoms with E-state index in [1.165, 1.54) is 11.8 Å². The summed E-state index contributed by atoms with van der Waals surface area (Å²) >= 11 is 0. The molecule has 12 nitrogen and oxygen atoms in total. The Bertz CT molecular complexity index is 1940. The first kappa shape index (κ1) is 31.2. The van der Waals surface area contributed by atoms with Gasteiger partial charge >= 0.3 is 0 Å². The maximum Gasteiger partial charge on any atom is 0.262 e. The topological polar surface area (TPSA) is 124 Å². The number of piperazine rings is 1. The summed E-state index contributed by atoms with van der Waals surface area (Å²) < 4.78 is 2.09. The number of imide groups is 2. The molecule has 1 unspecified atom stereocenters. The Kier molecular flexibility index (Phi) is 8.11. The number of anilines is 2. The molecule has 4 amide bonds. The molecule has 0 spiro atoms. The van der Waals surface area contributed by atoms with E-state index in [4.69, 9.17) is 4.98 Å².